The molecule has 0 aliphatic rings. The summed E-state index contributed by atoms with van der Waals surface area (Å²) in [6.07, 6.45) is 0.651. The van der Waals surface area contributed by atoms with Crippen molar-refractivity contribution < 1.29 is 9.21 Å². The van der Waals surface area contributed by atoms with Crippen LogP contribution in [0, 0.1) is 13.8 Å². The number of oxazole rings is 1. The minimum absolute atomic E-state index is 0.0530. The van der Waals surface area contributed by atoms with E-state index >= 15 is 0 Å². The van der Waals surface area contributed by atoms with Gasteiger partial charge in [-0.1, -0.05) is 24.3 Å². The maximum atomic E-state index is 12.2. The summed E-state index contributed by atoms with van der Waals surface area (Å²) in [4.78, 5) is 17.7. The normalized spacial score (nSPS) is 10.7. The van der Waals surface area contributed by atoms with Crippen molar-refractivity contribution in [1.29, 1.82) is 0 Å². The Hall–Kier alpha value is -2.40. The molecule has 23 heavy (non-hydrogen) atoms. The molecule has 1 N–H and O–H groups in total. The zero-order valence-electron chi connectivity index (χ0n) is 13.1. The Balaban J connectivity index is 1.61. The lowest BCUT2D eigenvalue weighted by molar-refractivity contribution is 0.0953. The van der Waals surface area contributed by atoms with E-state index in [9.17, 15) is 4.79 Å². The maximum Gasteiger partial charge on any atom is 0.251 e. The lowest BCUT2D eigenvalue weighted by Gasteiger charge is -2.06. The van der Waals surface area contributed by atoms with Crippen LogP contribution in [-0.2, 0) is 6.42 Å². The number of nitrogens with zero attached hydrogens (tertiary/aromatic N) is 1. The van der Waals surface area contributed by atoms with Gasteiger partial charge in [-0.25, -0.2) is 4.98 Å². The van der Waals surface area contributed by atoms with Crippen LogP contribution in [0.5, 0.6) is 0 Å². The van der Waals surface area contributed by atoms with Crippen LogP contribution in [0.2, 0.25) is 0 Å². The molecule has 3 rings (SSSR count). The Morgan fingerprint density at radius 3 is 2.78 bits per heavy atom. The first-order chi connectivity index (χ1) is 11.1. The quantitative estimate of drug-likeness (QED) is 0.771. The molecule has 0 aliphatic heterocycles. The monoisotopic (exact) mass is 326 g/mol. The van der Waals surface area contributed by atoms with Crippen molar-refractivity contribution in [1.82, 2.24) is 10.3 Å². The van der Waals surface area contributed by atoms with Gasteiger partial charge in [-0.2, -0.15) is 0 Å². The smallest absolute Gasteiger partial charge is 0.251 e. The predicted octanol–water partition coefficient (Wildman–Crippen LogP) is 3.99. The van der Waals surface area contributed by atoms with Crippen LogP contribution in [0.4, 0.5) is 0 Å². The molecule has 1 amide bonds. The number of hydrogen-bond acceptors (Lipinski definition) is 4. The van der Waals surface area contributed by atoms with Gasteiger partial charge in [0.15, 0.2) is 0 Å². The average Bonchev–Trinajstić information content (AvgIpc) is 3.18. The van der Waals surface area contributed by atoms with E-state index in [2.05, 4.69) is 10.3 Å². The van der Waals surface area contributed by atoms with Crippen molar-refractivity contribution in [3.63, 3.8) is 0 Å². The Morgan fingerprint density at radius 2 is 2.04 bits per heavy atom. The lowest BCUT2D eigenvalue weighted by atomic mass is 10.1. The maximum absolute atomic E-state index is 12.2. The summed E-state index contributed by atoms with van der Waals surface area (Å²) < 4.78 is 5.71. The van der Waals surface area contributed by atoms with Gasteiger partial charge in [0.25, 0.3) is 5.91 Å². The van der Waals surface area contributed by atoms with Gasteiger partial charge in [0, 0.05) is 18.5 Å². The van der Waals surface area contributed by atoms with Crippen molar-refractivity contribution in [2.24, 2.45) is 0 Å². The van der Waals surface area contributed by atoms with Crippen molar-refractivity contribution in [3.05, 3.63) is 64.4 Å². The number of amides is 1. The van der Waals surface area contributed by atoms with E-state index < -0.39 is 0 Å². The van der Waals surface area contributed by atoms with Crippen LogP contribution in [0.25, 0.3) is 10.8 Å². The van der Waals surface area contributed by atoms with E-state index in [0.29, 0.717) is 24.4 Å². The molecule has 2 heterocycles. The third kappa shape index (κ3) is 3.51. The molecule has 0 atom stereocenters. The molecule has 0 fully saturated rings. The predicted molar refractivity (Wildman–Crippen MR) is 91.8 cm³/mol. The number of carbonyl (C=O) groups excluding carboxylic acids is 1. The molecular weight excluding hydrogens is 308 g/mol. The van der Waals surface area contributed by atoms with Crippen LogP contribution < -0.4 is 5.32 Å². The summed E-state index contributed by atoms with van der Waals surface area (Å²) in [5.74, 6) is 1.40. The second-order valence-electron chi connectivity index (χ2n) is 5.32. The zero-order valence-corrected chi connectivity index (χ0v) is 13.9. The lowest BCUT2D eigenvalue weighted by Crippen LogP contribution is -2.26. The van der Waals surface area contributed by atoms with Gasteiger partial charge >= 0.3 is 0 Å². The first-order valence-corrected chi connectivity index (χ1v) is 8.37. The Labute approximate surface area is 139 Å². The zero-order chi connectivity index (χ0) is 16.2. The highest BCUT2D eigenvalue weighted by molar-refractivity contribution is 7.13. The van der Waals surface area contributed by atoms with Crippen LogP contribution in [0.1, 0.15) is 27.4 Å². The fourth-order valence-electron chi connectivity index (χ4n) is 2.38. The molecule has 118 valence electrons. The SMILES string of the molecule is Cc1ccccc1C(=O)NCCc1nc(-c2cccs2)oc1C. The highest BCUT2D eigenvalue weighted by Crippen LogP contribution is 2.25. The van der Waals surface area contributed by atoms with Crippen molar-refractivity contribution >= 4 is 17.2 Å². The molecular formula is C18H18N2O2S. The van der Waals surface area contributed by atoms with E-state index in [1.54, 1.807) is 11.3 Å². The van der Waals surface area contributed by atoms with Gasteiger partial charge in [0.1, 0.15) is 5.76 Å². The standard InChI is InChI=1S/C18H18N2O2S/c1-12-6-3-4-7-14(12)17(21)19-10-9-15-13(2)22-18(20-15)16-8-5-11-23-16/h3-8,11H,9-10H2,1-2H3,(H,19,21). The van der Waals surface area contributed by atoms with Gasteiger partial charge < -0.3 is 9.73 Å². The van der Waals surface area contributed by atoms with E-state index in [4.69, 9.17) is 4.42 Å². The second-order valence-corrected chi connectivity index (χ2v) is 6.27. The first-order valence-electron chi connectivity index (χ1n) is 7.49. The van der Waals surface area contributed by atoms with E-state index in [1.807, 2.05) is 55.6 Å². The van der Waals surface area contributed by atoms with Crippen LogP contribution in [0.3, 0.4) is 0 Å². The molecule has 1 aromatic carbocycles. The summed E-state index contributed by atoms with van der Waals surface area (Å²) in [5, 5.41) is 4.94. The molecule has 4 nitrogen and oxygen atoms in total. The molecule has 0 saturated carbocycles. The van der Waals surface area contributed by atoms with Crippen molar-refractivity contribution in [2.45, 2.75) is 20.3 Å². The molecule has 0 radical (unpaired) electrons. The van der Waals surface area contributed by atoms with E-state index in [1.165, 1.54) is 0 Å². The van der Waals surface area contributed by atoms with Gasteiger partial charge in [-0.3, -0.25) is 4.79 Å². The highest BCUT2D eigenvalue weighted by Gasteiger charge is 2.13. The molecule has 0 spiro atoms. The molecule has 2 aromatic heterocycles. The number of aromatic nitrogens is 1. The molecule has 0 bridgehead atoms. The summed E-state index contributed by atoms with van der Waals surface area (Å²) in [5.41, 5.74) is 2.57. The molecule has 0 aliphatic carbocycles. The van der Waals surface area contributed by atoms with Gasteiger partial charge in [0.05, 0.1) is 10.6 Å². The second kappa shape index (κ2) is 6.79. The molecule has 0 saturated heterocycles. The third-order valence-corrected chi connectivity index (χ3v) is 4.52. The average molecular weight is 326 g/mol. The van der Waals surface area contributed by atoms with Crippen LogP contribution >= 0.6 is 11.3 Å². The minimum atomic E-state index is -0.0530. The molecule has 3 aromatic rings. The van der Waals surface area contributed by atoms with Crippen LogP contribution in [-0.4, -0.2) is 17.4 Å². The number of thiophene rings is 1. The topological polar surface area (TPSA) is 55.1 Å². The fraction of sp³-hybridized carbons (Fsp3) is 0.222. The van der Waals surface area contributed by atoms with Crippen LogP contribution in [0.15, 0.2) is 46.2 Å². The van der Waals surface area contributed by atoms with Gasteiger partial charge in [-0.05, 0) is 36.9 Å². The summed E-state index contributed by atoms with van der Waals surface area (Å²) in [6.45, 7) is 4.37. The summed E-state index contributed by atoms with van der Waals surface area (Å²) in [6, 6.07) is 11.5. The van der Waals surface area contributed by atoms with E-state index in [-0.39, 0.29) is 5.91 Å². The summed E-state index contributed by atoms with van der Waals surface area (Å²) >= 11 is 1.60. The number of aryl methyl sites for hydroxylation is 2. The van der Waals surface area contributed by atoms with Gasteiger partial charge in [-0.15, -0.1) is 11.3 Å². The summed E-state index contributed by atoms with van der Waals surface area (Å²) in [7, 11) is 0. The minimum Gasteiger partial charge on any atom is -0.440 e. The molecule has 5 heteroatoms. The Morgan fingerprint density at radius 1 is 1.22 bits per heavy atom. The highest BCUT2D eigenvalue weighted by atomic mass is 32.1. The Kier molecular flexibility index (Phi) is 4.57. The number of nitrogens with one attached hydrogen (secondary N) is 1. The molecule has 0 unspecified atom stereocenters. The fourth-order valence-corrected chi connectivity index (χ4v) is 3.03. The first kappa shape index (κ1) is 15.5. The van der Waals surface area contributed by atoms with Crippen molar-refractivity contribution in [2.75, 3.05) is 6.54 Å². The third-order valence-electron chi connectivity index (χ3n) is 3.66. The Bertz CT molecular complexity index is 806. The number of rotatable bonds is 5. The number of benzene rings is 1. The largest absolute Gasteiger partial charge is 0.440 e. The number of hydrogen-bond donors (Lipinski definition) is 1. The van der Waals surface area contributed by atoms with Gasteiger partial charge in [0.2, 0.25) is 5.89 Å². The van der Waals surface area contributed by atoms with Crippen molar-refractivity contribution in [3.8, 4) is 10.8 Å². The number of carbonyl (C=O) groups is 1. The van der Waals surface area contributed by atoms with E-state index in [0.717, 1.165) is 21.9 Å².